The average Bonchev–Trinajstić information content (AvgIpc) is 3.03. The molecule has 7 nitrogen and oxygen atoms in total. The number of amides is 2. The minimum absolute atomic E-state index is 0.0603. The maximum atomic E-state index is 15.1. The van der Waals surface area contributed by atoms with Crippen LogP contribution in [0.25, 0.3) is 0 Å². The number of carbonyl (C=O) groups is 2. The van der Waals surface area contributed by atoms with E-state index in [0.717, 1.165) is 42.6 Å². The lowest BCUT2D eigenvalue weighted by Gasteiger charge is -2.36. The zero-order valence-corrected chi connectivity index (χ0v) is 25.2. The standard InChI is InChI=1S/C34H29F7N4O3/c35-23-5-1-20(2-6-23)29(22-13-24(36)15-25(37)14-22)16-32(46)44-31-19-43-18-30(38)28(31)10-7-26-17-42-11-12-45(26)33(47)21-3-8-27(9-4-21)48-34(39,40)41/h1-6,8-9,13-15,18-19,26,29,42H,7,10-12,16-17H2,(H,44,46)/t26-,29-/m0/s1. The van der Waals surface area contributed by atoms with Gasteiger partial charge < -0.3 is 20.3 Å². The Morgan fingerprint density at radius 2 is 1.60 bits per heavy atom. The van der Waals surface area contributed by atoms with E-state index in [-0.39, 0.29) is 48.2 Å². The summed E-state index contributed by atoms with van der Waals surface area (Å²) in [5.41, 5.74) is 0.883. The fourth-order valence-electron chi connectivity index (χ4n) is 5.67. The van der Waals surface area contributed by atoms with Crippen LogP contribution in [0.3, 0.4) is 0 Å². The third-order valence-electron chi connectivity index (χ3n) is 7.90. The highest BCUT2D eigenvalue weighted by molar-refractivity contribution is 5.94. The second kappa shape index (κ2) is 14.8. The van der Waals surface area contributed by atoms with Crippen LogP contribution in [0.5, 0.6) is 5.75 Å². The summed E-state index contributed by atoms with van der Waals surface area (Å²) < 4.78 is 98.5. The Bertz CT molecular complexity index is 1730. The van der Waals surface area contributed by atoms with Gasteiger partial charge in [-0.25, -0.2) is 17.6 Å². The third kappa shape index (κ3) is 8.88. The van der Waals surface area contributed by atoms with Crippen LogP contribution in [-0.4, -0.2) is 53.7 Å². The second-order valence-electron chi connectivity index (χ2n) is 11.2. The molecule has 5 rings (SSSR count). The van der Waals surface area contributed by atoms with Crippen LogP contribution in [0.4, 0.5) is 36.4 Å². The molecule has 2 heterocycles. The van der Waals surface area contributed by atoms with E-state index in [4.69, 9.17) is 0 Å². The number of anilines is 1. The Hall–Kier alpha value is -4.98. The lowest BCUT2D eigenvalue weighted by Crippen LogP contribution is -2.53. The molecule has 0 radical (unpaired) electrons. The molecule has 0 unspecified atom stereocenters. The molecule has 1 aromatic heterocycles. The van der Waals surface area contributed by atoms with Crippen LogP contribution in [0.15, 0.2) is 79.1 Å². The van der Waals surface area contributed by atoms with Crippen LogP contribution in [0.2, 0.25) is 0 Å². The van der Waals surface area contributed by atoms with Crippen LogP contribution in [-0.2, 0) is 11.2 Å². The lowest BCUT2D eigenvalue weighted by molar-refractivity contribution is -0.274. The number of alkyl halides is 3. The molecule has 2 amide bonds. The van der Waals surface area contributed by atoms with Gasteiger partial charge in [-0.1, -0.05) is 12.1 Å². The minimum atomic E-state index is -4.87. The number of rotatable bonds is 10. The summed E-state index contributed by atoms with van der Waals surface area (Å²) in [4.78, 5) is 32.0. The van der Waals surface area contributed by atoms with Crippen molar-refractivity contribution in [2.24, 2.45) is 0 Å². The number of pyridine rings is 1. The monoisotopic (exact) mass is 674 g/mol. The highest BCUT2D eigenvalue weighted by Gasteiger charge is 2.32. The van der Waals surface area contributed by atoms with Gasteiger partial charge in [-0.3, -0.25) is 14.6 Å². The molecule has 4 aromatic rings. The van der Waals surface area contributed by atoms with Gasteiger partial charge >= 0.3 is 6.36 Å². The summed E-state index contributed by atoms with van der Waals surface area (Å²) in [7, 11) is 0. The largest absolute Gasteiger partial charge is 0.573 e. The van der Waals surface area contributed by atoms with Crippen LogP contribution in [0, 0.1) is 23.3 Å². The van der Waals surface area contributed by atoms with Gasteiger partial charge in [-0.2, -0.15) is 0 Å². The Balaban J connectivity index is 1.30. The van der Waals surface area contributed by atoms with E-state index >= 15 is 4.39 Å². The number of piperazine rings is 1. The zero-order valence-electron chi connectivity index (χ0n) is 25.2. The normalized spacial score (nSPS) is 15.6. The second-order valence-corrected chi connectivity index (χ2v) is 11.2. The number of benzene rings is 3. The van der Waals surface area contributed by atoms with Crippen molar-refractivity contribution >= 4 is 17.5 Å². The highest BCUT2D eigenvalue weighted by Crippen LogP contribution is 2.31. The van der Waals surface area contributed by atoms with E-state index in [9.17, 15) is 35.9 Å². The third-order valence-corrected chi connectivity index (χ3v) is 7.90. The topological polar surface area (TPSA) is 83.6 Å². The highest BCUT2D eigenvalue weighted by atomic mass is 19.4. The van der Waals surface area contributed by atoms with E-state index in [1.54, 1.807) is 4.90 Å². The molecule has 3 aromatic carbocycles. The molecule has 0 aliphatic carbocycles. The first-order valence-electron chi connectivity index (χ1n) is 14.9. The first kappa shape index (κ1) is 34.4. The fraction of sp³-hybridized carbons (Fsp3) is 0.265. The number of hydrogen-bond acceptors (Lipinski definition) is 5. The summed E-state index contributed by atoms with van der Waals surface area (Å²) in [6, 6.07) is 12.1. The molecule has 1 saturated heterocycles. The Morgan fingerprint density at radius 1 is 0.917 bits per heavy atom. The zero-order chi connectivity index (χ0) is 34.4. The van der Waals surface area contributed by atoms with Gasteiger partial charge in [-0.05, 0) is 72.5 Å². The molecule has 2 N–H and O–H groups in total. The van der Waals surface area contributed by atoms with Gasteiger partial charge in [0, 0.05) is 55.2 Å². The fourth-order valence-corrected chi connectivity index (χ4v) is 5.67. The predicted molar refractivity (Wildman–Crippen MR) is 161 cm³/mol. The molecule has 1 aliphatic rings. The average molecular weight is 675 g/mol. The van der Waals surface area contributed by atoms with Gasteiger partial charge in [0.25, 0.3) is 5.91 Å². The Labute approximate surface area is 270 Å². The maximum absolute atomic E-state index is 15.1. The van der Waals surface area contributed by atoms with Crippen molar-refractivity contribution in [1.82, 2.24) is 15.2 Å². The summed E-state index contributed by atoms with van der Waals surface area (Å²) in [6.45, 7) is 1.12. The summed E-state index contributed by atoms with van der Waals surface area (Å²) in [5.74, 6) is -5.35. The molecule has 2 atom stereocenters. The molecule has 0 saturated carbocycles. The quantitative estimate of drug-likeness (QED) is 0.182. The summed E-state index contributed by atoms with van der Waals surface area (Å²) in [5, 5.41) is 5.82. The first-order chi connectivity index (χ1) is 22.9. The molecular formula is C34H29F7N4O3. The Kier molecular flexibility index (Phi) is 10.6. The SMILES string of the molecule is O=C(C[C@@H](c1ccc(F)cc1)c1cc(F)cc(F)c1)Nc1cncc(F)c1CC[C@H]1CNCCN1C(=O)c1ccc(OC(F)(F)F)cc1. The molecule has 0 bridgehead atoms. The van der Waals surface area contributed by atoms with Crippen molar-refractivity contribution in [3.8, 4) is 5.75 Å². The van der Waals surface area contributed by atoms with E-state index in [1.807, 2.05) is 0 Å². The number of halogens is 7. The molecular weight excluding hydrogens is 645 g/mol. The number of ether oxygens (including phenoxy) is 1. The molecule has 1 aliphatic heterocycles. The lowest BCUT2D eigenvalue weighted by atomic mass is 9.88. The van der Waals surface area contributed by atoms with Gasteiger partial charge in [0.2, 0.25) is 5.91 Å². The van der Waals surface area contributed by atoms with Crippen molar-refractivity contribution in [1.29, 1.82) is 0 Å². The Morgan fingerprint density at radius 3 is 2.27 bits per heavy atom. The van der Waals surface area contributed by atoms with Gasteiger partial charge in [-0.15, -0.1) is 13.2 Å². The van der Waals surface area contributed by atoms with Crippen molar-refractivity contribution in [3.05, 3.63) is 125 Å². The van der Waals surface area contributed by atoms with Gasteiger partial charge in [0.15, 0.2) is 0 Å². The minimum Gasteiger partial charge on any atom is -0.406 e. The maximum Gasteiger partial charge on any atom is 0.573 e. The van der Waals surface area contributed by atoms with Crippen LogP contribution >= 0.6 is 0 Å². The smallest absolute Gasteiger partial charge is 0.406 e. The number of aromatic nitrogens is 1. The van der Waals surface area contributed by atoms with Crippen molar-refractivity contribution in [2.75, 3.05) is 25.0 Å². The van der Waals surface area contributed by atoms with E-state index in [2.05, 4.69) is 20.4 Å². The van der Waals surface area contributed by atoms with Crippen LogP contribution < -0.4 is 15.4 Å². The van der Waals surface area contributed by atoms with Crippen molar-refractivity contribution < 1.29 is 45.1 Å². The number of nitrogens with one attached hydrogen (secondary N) is 2. The first-order valence-corrected chi connectivity index (χ1v) is 14.9. The summed E-state index contributed by atoms with van der Waals surface area (Å²) in [6.07, 6.45) is -2.65. The van der Waals surface area contributed by atoms with Crippen LogP contribution in [0.1, 0.15) is 45.8 Å². The number of nitrogens with zero attached hydrogens (tertiary/aromatic N) is 2. The molecule has 14 heteroatoms. The molecule has 0 spiro atoms. The molecule has 48 heavy (non-hydrogen) atoms. The molecule has 252 valence electrons. The van der Waals surface area contributed by atoms with Gasteiger partial charge in [0.1, 0.15) is 29.0 Å². The number of hydrogen-bond donors (Lipinski definition) is 2. The van der Waals surface area contributed by atoms with Gasteiger partial charge in [0.05, 0.1) is 18.1 Å². The van der Waals surface area contributed by atoms with Crippen molar-refractivity contribution in [2.45, 2.75) is 37.6 Å². The predicted octanol–water partition coefficient (Wildman–Crippen LogP) is 6.74. The van der Waals surface area contributed by atoms with E-state index in [0.29, 0.717) is 24.7 Å². The van der Waals surface area contributed by atoms with Crippen molar-refractivity contribution in [3.63, 3.8) is 0 Å². The van der Waals surface area contributed by atoms with E-state index < -0.39 is 59.2 Å². The molecule has 1 fully saturated rings. The van der Waals surface area contributed by atoms with E-state index in [1.165, 1.54) is 30.5 Å². The summed E-state index contributed by atoms with van der Waals surface area (Å²) >= 11 is 0. The number of carbonyl (C=O) groups excluding carboxylic acids is 2.